The summed E-state index contributed by atoms with van der Waals surface area (Å²) in [6.07, 6.45) is 14.7. The van der Waals surface area contributed by atoms with E-state index in [9.17, 15) is 10.2 Å². The number of aliphatic hydroxyl groups is 2. The Morgan fingerprint density at radius 3 is 2.43 bits per heavy atom. The molecule has 30 heavy (non-hydrogen) atoms. The van der Waals surface area contributed by atoms with E-state index < -0.39 is 5.60 Å². The van der Waals surface area contributed by atoms with Crippen LogP contribution in [-0.2, 0) is 4.74 Å². The summed E-state index contributed by atoms with van der Waals surface area (Å²) in [5.41, 5.74) is 2.99. The highest BCUT2D eigenvalue weighted by molar-refractivity contribution is 5.14. The van der Waals surface area contributed by atoms with Crippen molar-refractivity contribution in [3.8, 4) is 0 Å². The molecule has 4 aliphatic carbocycles. The van der Waals surface area contributed by atoms with Crippen LogP contribution in [0.1, 0.15) is 84.5 Å². The van der Waals surface area contributed by atoms with Crippen LogP contribution in [0.4, 0.5) is 0 Å². The van der Waals surface area contributed by atoms with Gasteiger partial charge in [-0.15, -0.1) is 5.73 Å². The van der Waals surface area contributed by atoms with E-state index >= 15 is 0 Å². The average Bonchev–Trinajstić information content (AvgIpc) is 3.05. The highest BCUT2D eigenvalue weighted by atomic mass is 16.5. The van der Waals surface area contributed by atoms with Crippen LogP contribution >= 0.6 is 0 Å². The second kappa shape index (κ2) is 8.39. The molecule has 4 saturated carbocycles. The molecule has 0 aromatic heterocycles. The zero-order valence-corrected chi connectivity index (χ0v) is 19.5. The lowest BCUT2D eigenvalue weighted by Crippen LogP contribution is -2.51. The molecule has 0 radical (unpaired) electrons. The Labute approximate surface area is 184 Å². The molecule has 170 valence electrons. The minimum Gasteiger partial charge on any atom is -0.393 e. The number of fused-ring (bicyclic) bond motifs is 5. The fraction of sp³-hybridized carbons (Fsp3) is 0.889. The molecule has 0 aromatic carbocycles. The van der Waals surface area contributed by atoms with Gasteiger partial charge in [-0.05, 0) is 124 Å². The summed E-state index contributed by atoms with van der Waals surface area (Å²) in [6, 6.07) is 0. The van der Waals surface area contributed by atoms with Crippen LogP contribution < -0.4 is 0 Å². The van der Waals surface area contributed by atoms with Crippen molar-refractivity contribution < 1.29 is 14.9 Å². The van der Waals surface area contributed by atoms with Gasteiger partial charge in [0, 0.05) is 7.11 Å². The van der Waals surface area contributed by atoms with Crippen LogP contribution in [-0.4, -0.2) is 35.6 Å². The first-order valence-electron chi connectivity index (χ1n) is 12.6. The standard InChI is InChI=1S/C27H44O3/c1-5-12-25-13-9-21-20(23(25)11-14-26(29,17-16-25)18-30-4)10-15-27(6-2)22(19(3)28)7-8-24(21)27/h12,19-24,28-29H,1,6-11,13-18H2,2-4H3/t19?,20?,21-,22-,23-,24?,25-,26?,27-/m1/s1. The van der Waals surface area contributed by atoms with Crippen LogP contribution in [0, 0.1) is 40.4 Å². The van der Waals surface area contributed by atoms with Crippen molar-refractivity contribution in [1.29, 1.82) is 0 Å². The first-order chi connectivity index (χ1) is 14.3. The SMILES string of the molecule is C=C=C[C@]12CC[C@@H]3C(CC[C@@]4(CC)C3CC[C@@H]4C(C)O)[C@H]1CCC(O)(COC)CC2. The number of methoxy groups -OCH3 is 1. The minimum absolute atomic E-state index is 0.148. The number of allylic oxidation sites excluding steroid dienone is 1. The lowest BCUT2D eigenvalue weighted by Gasteiger charge is -2.58. The second-order valence-electron chi connectivity index (χ2n) is 11.4. The topological polar surface area (TPSA) is 49.7 Å². The van der Waals surface area contributed by atoms with Gasteiger partial charge in [0.1, 0.15) is 0 Å². The summed E-state index contributed by atoms with van der Waals surface area (Å²) < 4.78 is 5.40. The summed E-state index contributed by atoms with van der Waals surface area (Å²) in [4.78, 5) is 0. The van der Waals surface area contributed by atoms with Gasteiger partial charge >= 0.3 is 0 Å². The molecule has 4 aliphatic rings. The zero-order valence-electron chi connectivity index (χ0n) is 19.5. The van der Waals surface area contributed by atoms with Crippen LogP contribution in [0.15, 0.2) is 18.4 Å². The first kappa shape index (κ1) is 22.6. The second-order valence-corrected chi connectivity index (χ2v) is 11.4. The molecule has 0 heterocycles. The largest absolute Gasteiger partial charge is 0.393 e. The van der Waals surface area contributed by atoms with E-state index in [0.29, 0.717) is 23.9 Å². The van der Waals surface area contributed by atoms with E-state index in [1.165, 1.54) is 44.9 Å². The highest BCUT2D eigenvalue weighted by Crippen LogP contribution is 2.68. The Morgan fingerprint density at radius 2 is 1.77 bits per heavy atom. The Morgan fingerprint density at radius 1 is 1.03 bits per heavy atom. The smallest absolute Gasteiger partial charge is 0.0880 e. The molecular formula is C27H44O3. The zero-order chi connectivity index (χ0) is 21.6. The average molecular weight is 417 g/mol. The van der Waals surface area contributed by atoms with Crippen molar-refractivity contribution in [1.82, 2.24) is 0 Å². The number of rotatable bonds is 5. The number of ether oxygens (including phenoxy) is 1. The molecule has 0 spiro atoms. The van der Waals surface area contributed by atoms with E-state index in [-0.39, 0.29) is 11.5 Å². The van der Waals surface area contributed by atoms with E-state index in [4.69, 9.17) is 4.74 Å². The van der Waals surface area contributed by atoms with E-state index in [0.717, 1.165) is 43.4 Å². The van der Waals surface area contributed by atoms with E-state index in [1.807, 2.05) is 6.92 Å². The molecule has 0 aliphatic heterocycles. The Kier molecular flexibility index (Phi) is 6.32. The molecule has 0 amide bonds. The normalized spacial score (nSPS) is 49.2. The predicted octanol–water partition coefficient (Wildman–Crippen LogP) is 5.51. The van der Waals surface area contributed by atoms with E-state index in [2.05, 4.69) is 25.3 Å². The Balaban J connectivity index is 1.64. The van der Waals surface area contributed by atoms with Crippen LogP contribution in [0.3, 0.4) is 0 Å². The number of hydrogen-bond acceptors (Lipinski definition) is 3. The Hall–Kier alpha value is -0.600. The molecular weight excluding hydrogens is 372 g/mol. The first-order valence-corrected chi connectivity index (χ1v) is 12.6. The van der Waals surface area contributed by atoms with Gasteiger partial charge in [0.05, 0.1) is 18.3 Å². The molecule has 4 fully saturated rings. The minimum atomic E-state index is -0.684. The van der Waals surface area contributed by atoms with Crippen molar-refractivity contribution in [3.63, 3.8) is 0 Å². The summed E-state index contributed by atoms with van der Waals surface area (Å²) in [5, 5.41) is 21.8. The molecule has 9 atom stereocenters. The van der Waals surface area contributed by atoms with Gasteiger partial charge in [0.2, 0.25) is 0 Å². The molecule has 4 rings (SSSR count). The highest BCUT2D eigenvalue weighted by Gasteiger charge is 2.61. The molecule has 0 saturated heterocycles. The van der Waals surface area contributed by atoms with Gasteiger partial charge in [-0.2, -0.15) is 0 Å². The Bertz CT molecular complexity index is 667. The van der Waals surface area contributed by atoms with Gasteiger partial charge in [-0.25, -0.2) is 0 Å². The monoisotopic (exact) mass is 416 g/mol. The maximum atomic E-state index is 11.2. The van der Waals surface area contributed by atoms with Crippen molar-refractivity contribution in [2.75, 3.05) is 13.7 Å². The maximum Gasteiger partial charge on any atom is 0.0880 e. The third kappa shape index (κ3) is 3.45. The van der Waals surface area contributed by atoms with Crippen molar-refractivity contribution >= 4 is 0 Å². The van der Waals surface area contributed by atoms with Crippen LogP contribution in [0.5, 0.6) is 0 Å². The van der Waals surface area contributed by atoms with Crippen molar-refractivity contribution in [2.45, 2.75) is 96.2 Å². The summed E-state index contributed by atoms with van der Waals surface area (Å²) in [7, 11) is 1.70. The van der Waals surface area contributed by atoms with Crippen LogP contribution in [0.25, 0.3) is 0 Å². The quantitative estimate of drug-likeness (QED) is 0.581. The van der Waals surface area contributed by atoms with Crippen LogP contribution in [0.2, 0.25) is 0 Å². The third-order valence-corrected chi connectivity index (χ3v) is 10.5. The van der Waals surface area contributed by atoms with Crippen molar-refractivity contribution in [3.05, 3.63) is 18.4 Å². The fourth-order valence-electron chi connectivity index (χ4n) is 9.25. The lowest BCUT2D eigenvalue weighted by molar-refractivity contribution is -0.0961. The van der Waals surface area contributed by atoms with Gasteiger partial charge in [0.15, 0.2) is 0 Å². The van der Waals surface area contributed by atoms with Gasteiger partial charge in [-0.1, -0.05) is 13.5 Å². The molecule has 4 unspecified atom stereocenters. The van der Waals surface area contributed by atoms with Gasteiger partial charge < -0.3 is 14.9 Å². The predicted molar refractivity (Wildman–Crippen MR) is 121 cm³/mol. The summed E-state index contributed by atoms with van der Waals surface area (Å²) in [5.74, 6) is 3.40. The van der Waals surface area contributed by atoms with Crippen molar-refractivity contribution in [2.24, 2.45) is 40.4 Å². The summed E-state index contributed by atoms with van der Waals surface area (Å²) in [6.45, 7) is 8.80. The lowest BCUT2D eigenvalue weighted by atomic mass is 9.46. The molecule has 3 nitrogen and oxygen atoms in total. The third-order valence-electron chi connectivity index (χ3n) is 10.5. The summed E-state index contributed by atoms with van der Waals surface area (Å²) >= 11 is 0. The molecule has 0 bridgehead atoms. The fourth-order valence-corrected chi connectivity index (χ4v) is 9.25. The van der Waals surface area contributed by atoms with Gasteiger partial charge in [0.25, 0.3) is 0 Å². The van der Waals surface area contributed by atoms with E-state index in [1.54, 1.807) is 7.11 Å². The molecule has 0 aromatic rings. The van der Waals surface area contributed by atoms with Gasteiger partial charge in [-0.3, -0.25) is 0 Å². The maximum absolute atomic E-state index is 11.2. The number of aliphatic hydroxyl groups excluding tert-OH is 1. The number of hydrogen-bond donors (Lipinski definition) is 2. The molecule has 2 N–H and O–H groups in total. The molecule has 3 heteroatoms.